The van der Waals surface area contributed by atoms with Gasteiger partial charge in [-0.1, -0.05) is 11.6 Å². The Morgan fingerprint density at radius 2 is 1.88 bits per heavy atom. The molecule has 1 aromatic carbocycles. The van der Waals surface area contributed by atoms with Gasteiger partial charge in [0.2, 0.25) is 0 Å². The van der Waals surface area contributed by atoms with Crippen molar-refractivity contribution >= 4 is 22.5 Å². The predicted octanol–water partition coefficient (Wildman–Crippen LogP) is 2.78. The van der Waals surface area contributed by atoms with E-state index in [2.05, 4.69) is 15.2 Å². The maximum atomic E-state index is 6.02. The third-order valence-electron chi connectivity index (χ3n) is 2.57. The van der Waals surface area contributed by atoms with Crippen LogP contribution in [0.1, 0.15) is 5.69 Å². The van der Waals surface area contributed by atoms with Crippen molar-refractivity contribution in [3.63, 3.8) is 0 Å². The summed E-state index contributed by atoms with van der Waals surface area (Å²) in [6.07, 6.45) is 3.32. The lowest BCUT2D eigenvalue weighted by atomic mass is 10.1. The van der Waals surface area contributed by atoms with Crippen LogP contribution in [0.4, 0.5) is 0 Å². The number of hydrogen-bond donors (Lipinski definition) is 0. The zero-order chi connectivity index (χ0) is 11.8. The fourth-order valence-corrected chi connectivity index (χ4v) is 2.02. The molecule has 0 saturated carbocycles. The van der Waals surface area contributed by atoms with Crippen molar-refractivity contribution in [1.82, 2.24) is 19.7 Å². The third kappa shape index (κ3) is 1.76. The van der Waals surface area contributed by atoms with E-state index in [1.807, 2.05) is 35.8 Å². The normalized spacial score (nSPS) is 10.9. The van der Waals surface area contributed by atoms with E-state index in [4.69, 9.17) is 11.6 Å². The molecule has 0 saturated heterocycles. The maximum Gasteiger partial charge on any atom is 0.123 e. The van der Waals surface area contributed by atoms with E-state index in [-0.39, 0.29) is 0 Å². The first-order chi connectivity index (χ1) is 8.24. The van der Waals surface area contributed by atoms with E-state index in [1.54, 1.807) is 12.7 Å². The highest BCUT2D eigenvalue weighted by molar-refractivity contribution is 6.31. The van der Waals surface area contributed by atoms with E-state index in [0.29, 0.717) is 5.02 Å². The molecule has 3 rings (SSSR count). The van der Waals surface area contributed by atoms with E-state index in [0.717, 1.165) is 22.3 Å². The number of aromatic nitrogens is 4. The Balaban J connectivity index is 2.39. The molecule has 3 aromatic rings. The number of pyridine rings is 1. The van der Waals surface area contributed by atoms with Crippen LogP contribution in [0.15, 0.2) is 36.9 Å². The summed E-state index contributed by atoms with van der Waals surface area (Å²) >= 11 is 6.02. The molecule has 4 nitrogen and oxygen atoms in total. The Labute approximate surface area is 103 Å². The summed E-state index contributed by atoms with van der Waals surface area (Å²) in [6, 6.07) is 7.64. The van der Waals surface area contributed by atoms with E-state index >= 15 is 0 Å². The Hall–Kier alpha value is -1.94. The number of halogens is 1. The van der Waals surface area contributed by atoms with E-state index < -0.39 is 0 Å². The zero-order valence-corrected chi connectivity index (χ0v) is 9.89. The van der Waals surface area contributed by atoms with Crippen LogP contribution in [-0.4, -0.2) is 19.7 Å². The molecule has 84 valence electrons. The molecule has 0 aliphatic heterocycles. The second-order valence-electron chi connectivity index (χ2n) is 3.81. The minimum absolute atomic E-state index is 0.692. The van der Waals surface area contributed by atoms with Gasteiger partial charge in [0.05, 0.1) is 11.2 Å². The van der Waals surface area contributed by atoms with Gasteiger partial charge in [0.1, 0.15) is 12.7 Å². The van der Waals surface area contributed by atoms with Crippen molar-refractivity contribution in [3.8, 4) is 5.69 Å². The first-order valence-corrected chi connectivity index (χ1v) is 5.54. The van der Waals surface area contributed by atoms with Gasteiger partial charge in [-0.15, -0.1) is 10.2 Å². The molecule has 0 bridgehead atoms. The van der Waals surface area contributed by atoms with Gasteiger partial charge in [-0.2, -0.15) is 0 Å². The van der Waals surface area contributed by atoms with Crippen LogP contribution in [-0.2, 0) is 0 Å². The Bertz CT molecular complexity index is 676. The maximum absolute atomic E-state index is 6.02. The average molecular weight is 245 g/mol. The molecule has 0 unspecified atom stereocenters. The minimum Gasteiger partial charge on any atom is -0.287 e. The molecule has 2 aromatic heterocycles. The first-order valence-electron chi connectivity index (χ1n) is 5.16. The highest BCUT2D eigenvalue weighted by Gasteiger charge is 2.06. The SMILES string of the molecule is Cc1cc(-n2cnnc2)c2cc(Cl)ccc2n1. The quantitative estimate of drug-likeness (QED) is 0.661. The molecule has 0 aliphatic carbocycles. The molecule has 0 fully saturated rings. The molecule has 0 atom stereocenters. The lowest BCUT2D eigenvalue weighted by Crippen LogP contribution is -1.95. The van der Waals surface area contributed by atoms with E-state index in [1.165, 1.54) is 0 Å². The van der Waals surface area contributed by atoms with Crippen LogP contribution < -0.4 is 0 Å². The minimum atomic E-state index is 0.692. The third-order valence-corrected chi connectivity index (χ3v) is 2.81. The lowest BCUT2D eigenvalue weighted by molar-refractivity contribution is 1.05. The molecule has 0 spiro atoms. The Kier molecular flexibility index (Phi) is 2.30. The molecule has 2 heterocycles. The fourth-order valence-electron chi connectivity index (χ4n) is 1.85. The molecular weight excluding hydrogens is 236 g/mol. The number of nitrogens with zero attached hydrogens (tertiary/aromatic N) is 4. The van der Waals surface area contributed by atoms with Gasteiger partial charge in [-0.25, -0.2) is 0 Å². The number of hydrogen-bond acceptors (Lipinski definition) is 3. The number of aryl methyl sites for hydroxylation is 1. The molecule has 0 amide bonds. The number of fused-ring (bicyclic) bond motifs is 1. The standard InChI is InChI=1S/C12H9ClN4/c1-8-4-12(17-6-14-15-7-17)10-5-9(13)2-3-11(10)16-8/h2-7H,1H3. The molecule has 0 N–H and O–H groups in total. The van der Waals surface area contributed by atoms with Gasteiger partial charge in [-0.05, 0) is 31.2 Å². The van der Waals surface area contributed by atoms with Gasteiger partial charge < -0.3 is 0 Å². The topological polar surface area (TPSA) is 43.6 Å². The number of rotatable bonds is 1. The zero-order valence-electron chi connectivity index (χ0n) is 9.13. The van der Waals surface area contributed by atoms with Crippen molar-refractivity contribution in [2.24, 2.45) is 0 Å². The van der Waals surface area contributed by atoms with Crippen LogP contribution in [0.25, 0.3) is 16.6 Å². The van der Waals surface area contributed by atoms with Gasteiger partial charge >= 0.3 is 0 Å². The van der Waals surface area contributed by atoms with Crippen LogP contribution in [0.5, 0.6) is 0 Å². The summed E-state index contributed by atoms with van der Waals surface area (Å²) in [7, 11) is 0. The summed E-state index contributed by atoms with van der Waals surface area (Å²) in [5, 5.41) is 9.31. The van der Waals surface area contributed by atoms with Gasteiger partial charge in [-0.3, -0.25) is 9.55 Å². The van der Waals surface area contributed by atoms with Crippen LogP contribution in [0.2, 0.25) is 5.02 Å². The van der Waals surface area contributed by atoms with E-state index in [9.17, 15) is 0 Å². The highest BCUT2D eigenvalue weighted by Crippen LogP contribution is 2.24. The predicted molar refractivity (Wildman–Crippen MR) is 66.4 cm³/mol. The lowest BCUT2D eigenvalue weighted by Gasteiger charge is -2.08. The smallest absolute Gasteiger partial charge is 0.123 e. The van der Waals surface area contributed by atoms with Gasteiger partial charge in [0.15, 0.2) is 0 Å². The van der Waals surface area contributed by atoms with Crippen LogP contribution >= 0.6 is 11.6 Å². The summed E-state index contributed by atoms with van der Waals surface area (Å²) in [5.41, 5.74) is 2.85. The van der Waals surface area contributed by atoms with Gasteiger partial charge in [0, 0.05) is 16.1 Å². The van der Waals surface area contributed by atoms with Crippen molar-refractivity contribution in [2.75, 3.05) is 0 Å². The van der Waals surface area contributed by atoms with Gasteiger partial charge in [0.25, 0.3) is 0 Å². The molecule has 0 radical (unpaired) electrons. The summed E-state index contributed by atoms with van der Waals surface area (Å²) in [4.78, 5) is 4.47. The second-order valence-corrected chi connectivity index (χ2v) is 4.25. The number of benzene rings is 1. The Morgan fingerprint density at radius 3 is 2.65 bits per heavy atom. The average Bonchev–Trinajstić information content (AvgIpc) is 2.82. The molecule has 5 heteroatoms. The highest BCUT2D eigenvalue weighted by atomic mass is 35.5. The van der Waals surface area contributed by atoms with Crippen molar-refractivity contribution < 1.29 is 0 Å². The Morgan fingerprint density at radius 1 is 1.12 bits per heavy atom. The van der Waals surface area contributed by atoms with Crippen molar-refractivity contribution in [1.29, 1.82) is 0 Å². The fraction of sp³-hybridized carbons (Fsp3) is 0.0833. The van der Waals surface area contributed by atoms with Crippen LogP contribution in [0.3, 0.4) is 0 Å². The summed E-state index contributed by atoms with van der Waals surface area (Å²) < 4.78 is 1.85. The van der Waals surface area contributed by atoms with Crippen molar-refractivity contribution in [3.05, 3.63) is 47.6 Å². The molecular formula is C12H9ClN4. The molecule has 17 heavy (non-hydrogen) atoms. The molecule has 0 aliphatic rings. The largest absolute Gasteiger partial charge is 0.287 e. The summed E-state index contributed by atoms with van der Waals surface area (Å²) in [5.74, 6) is 0. The second kappa shape index (κ2) is 3.82. The van der Waals surface area contributed by atoms with Crippen LogP contribution in [0, 0.1) is 6.92 Å². The van der Waals surface area contributed by atoms with Crippen molar-refractivity contribution in [2.45, 2.75) is 6.92 Å². The summed E-state index contributed by atoms with van der Waals surface area (Å²) in [6.45, 7) is 1.96. The monoisotopic (exact) mass is 244 g/mol. The first kappa shape index (κ1) is 10.2.